The van der Waals surface area contributed by atoms with Crippen LogP contribution in [0.15, 0.2) is 46.5 Å². The van der Waals surface area contributed by atoms with Gasteiger partial charge in [0.15, 0.2) is 0 Å². The molecule has 0 bridgehead atoms. The normalized spacial score (nSPS) is 10.7. The molecule has 22 heavy (non-hydrogen) atoms. The van der Waals surface area contributed by atoms with Crippen LogP contribution in [0.5, 0.6) is 0 Å². The third kappa shape index (κ3) is 3.48. The number of nitrogens with one attached hydrogen (secondary N) is 1. The average molecular weight is 378 g/mol. The second-order valence-electron chi connectivity index (χ2n) is 5.02. The largest absolute Gasteiger partial charge is 0.380 e. The summed E-state index contributed by atoms with van der Waals surface area (Å²) in [5.74, 6) is 0.696. The van der Waals surface area contributed by atoms with Gasteiger partial charge in [0.25, 0.3) is 0 Å². The molecule has 2 heterocycles. The number of aromatic nitrogens is 3. The van der Waals surface area contributed by atoms with Crippen molar-refractivity contribution < 1.29 is 0 Å². The van der Waals surface area contributed by atoms with Crippen LogP contribution in [0.3, 0.4) is 0 Å². The zero-order chi connectivity index (χ0) is 15.5. The van der Waals surface area contributed by atoms with E-state index in [1.165, 1.54) is 4.88 Å². The molecule has 0 aliphatic rings. The van der Waals surface area contributed by atoms with Crippen molar-refractivity contribution in [2.75, 3.05) is 24.3 Å². The minimum Gasteiger partial charge on any atom is -0.380 e. The fraction of sp³-hybridized carbons (Fsp3) is 0.200. The maximum absolute atomic E-state index is 4.44. The topological polar surface area (TPSA) is 46.0 Å². The van der Waals surface area contributed by atoms with Crippen LogP contribution in [-0.2, 0) is 6.54 Å². The van der Waals surface area contributed by atoms with Gasteiger partial charge in [0.1, 0.15) is 6.33 Å². The number of anilines is 2. The maximum Gasteiger partial charge on any atom is 0.244 e. The summed E-state index contributed by atoms with van der Waals surface area (Å²) in [4.78, 5) is 7.44. The lowest BCUT2D eigenvalue weighted by Gasteiger charge is -2.08. The highest BCUT2D eigenvalue weighted by atomic mass is 79.9. The Bertz CT molecular complexity index is 765. The Morgan fingerprint density at radius 1 is 1.32 bits per heavy atom. The molecule has 0 saturated carbocycles. The summed E-state index contributed by atoms with van der Waals surface area (Å²) < 4.78 is 2.91. The molecular weight excluding hydrogens is 362 g/mol. The van der Waals surface area contributed by atoms with Gasteiger partial charge in [-0.25, -0.2) is 4.68 Å². The second-order valence-corrected chi connectivity index (χ2v) is 6.93. The molecule has 0 radical (unpaired) electrons. The molecule has 0 aliphatic carbocycles. The van der Waals surface area contributed by atoms with Gasteiger partial charge in [-0.3, -0.25) is 0 Å². The zero-order valence-corrected chi connectivity index (χ0v) is 14.7. The van der Waals surface area contributed by atoms with Crippen LogP contribution in [0.2, 0.25) is 0 Å². The number of hydrogen-bond acceptors (Lipinski definition) is 5. The Morgan fingerprint density at radius 3 is 2.86 bits per heavy atom. The lowest BCUT2D eigenvalue weighted by Crippen LogP contribution is -2.11. The van der Waals surface area contributed by atoms with E-state index in [0.717, 1.165) is 22.4 Å². The monoisotopic (exact) mass is 377 g/mol. The summed E-state index contributed by atoms with van der Waals surface area (Å²) in [6.07, 6.45) is 1.73. The van der Waals surface area contributed by atoms with Crippen molar-refractivity contribution in [1.82, 2.24) is 14.8 Å². The molecule has 0 fully saturated rings. The van der Waals surface area contributed by atoms with E-state index in [9.17, 15) is 0 Å². The number of nitrogens with zero attached hydrogens (tertiary/aromatic N) is 4. The Labute approximate surface area is 141 Å². The molecule has 1 aromatic carbocycles. The predicted molar refractivity (Wildman–Crippen MR) is 95.0 cm³/mol. The van der Waals surface area contributed by atoms with Crippen molar-refractivity contribution in [3.63, 3.8) is 0 Å². The molecule has 3 rings (SSSR count). The SMILES string of the molecule is CN(C)c1ncn(-c2cccc(NCc3cc(Br)cs3)c2)n1. The van der Waals surface area contributed by atoms with Gasteiger partial charge in [0, 0.05) is 41.1 Å². The minimum absolute atomic E-state index is 0.696. The summed E-state index contributed by atoms with van der Waals surface area (Å²) in [5, 5.41) is 9.96. The van der Waals surface area contributed by atoms with Crippen molar-refractivity contribution in [2.24, 2.45) is 0 Å². The molecule has 0 spiro atoms. The average Bonchev–Trinajstić information content (AvgIpc) is 3.14. The summed E-state index contributed by atoms with van der Waals surface area (Å²) in [5.41, 5.74) is 2.04. The Hall–Kier alpha value is -1.86. The summed E-state index contributed by atoms with van der Waals surface area (Å²) in [6.45, 7) is 0.806. The first-order chi connectivity index (χ1) is 10.6. The standard InChI is InChI=1S/C15H16BrN5S/c1-20(2)15-18-10-21(19-15)13-5-3-4-12(7-13)17-8-14-6-11(16)9-22-14/h3-7,9-10,17H,8H2,1-2H3. The van der Waals surface area contributed by atoms with Gasteiger partial charge < -0.3 is 10.2 Å². The van der Waals surface area contributed by atoms with Crippen LogP contribution in [0.4, 0.5) is 11.6 Å². The van der Waals surface area contributed by atoms with E-state index in [1.54, 1.807) is 22.3 Å². The Morgan fingerprint density at radius 2 is 2.18 bits per heavy atom. The van der Waals surface area contributed by atoms with Gasteiger partial charge in [-0.05, 0) is 40.2 Å². The fourth-order valence-electron chi connectivity index (χ4n) is 1.98. The number of benzene rings is 1. The van der Waals surface area contributed by atoms with E-state index in [0.29, 0.717) is 5.95 Å². The third-order valence-corrected chi connectivity index (χ3v) is 4.78. The highest BCUT2D eigenvalue weighted by Gasteiger charge is 2.05. The van der Waals surface area contributed by atoms with Gasteiger partial charge in [-0.2, -0.15) is 4.98 Å². The molecule has 114 valence electrons. The van der Waals surface area contributed by atoms with Crippen LogP contribution in [0.1, 0.15) is 4.88 Å². The molecule has 0 aliphatic heterocycles. The first-order valence-electron chi connectivity index (χ1n) is 6.78. The molecule has 3 aromatic rings. The maximum atomic E-state index is 4.44. The predicted octanol–water partition coefficient (Wildman–Crippen LogP) is 3.77. The molecule has 0 saturated heterocycles. The molecule has 2 aromatic heterocycles. The number of hydrogen-bond donors (Lipinski definition) is 1. The molecule has 7 heteroatoms. The molecular formula is C15H16BrN5S. The molecule has 0 unspecified atom stereocenters. The lowest BCUT2D eigenvalue weighted by molar-refractivity contribution is 0.866. The van der Waals surface area contributed by atoms with E-state index in [-0.39, 0.29) is 0 Å². The second kappa shape index (κ2) is 6.50. The number of thiophene rings is 1. The smallest absolute Gasteiger partial charge is 0.244 e. The Kier molecular flexibility index (Phi) is 4.44. The van der Waals surface area contributed by atoms with Crippen molar-refractivity contribution in [2.45, 2.75) is 6.54 Å². The molecule has 0 amide bonds. The van der Waals surface area contributed by atoms with Gasteiger partial charge >= 0.3 is 0 Å². The van der Waals surface area contributed by atoms with Crippen LogP contribution in [-0.4, -0.2) is 28.9 Å². The van der Waals surface area contributed by atoms with Gasteiger partial charge in [-0.1, -0.05) is 6.07 Å². The van der Waals surface area contributed by atoms with E-state index in [2.05, 4.69) is 54.9 Å². The summed E-state index contributed by atoms with van der Waals surface area (Å²) in [7, 11) is 3.85. The number of rotatable bonds is 5. The summed E-state index contributed by atoms with van der Waals surface area (Å²) >= 11 is 5.21. The van der Waals surface area contributed by atoms with Crippen LogP contribution < -0.4 is 10.2 Å². The van der Waals surface area contributed by atoms with Gasteiger partial charge in [0.2, 0.25) is 5.95 Å². The quantitative estimate of drug-likeness (QED) is 0.734. The Balaban J connectivity index is 1.74. The third-order valence-electron chi connectivity index (χ3n) is 3.08. The highest BCUT2D eigenvalue weighted by molar-refractivity contribution is 9.10. The molecule has 0 atom stereocenters. The van der Waals surface area contributed by atoms with E-state index >= 15 is 0 Å². The van der Waals surface area contributed by atoms with Crippen LogP contribution >= 0.6 is 27.3 Å². The first-order valence-corrected chi connectivity index (χ1v) is 8.45. The minimum atomic E-state index is 0.696. The lowest BCUT2D eigenvalue weighted by atomic mass is 10.2. The van der Waals surface area contributed by atoms with Gasteiger partial charge in [-0.15, -0.1) is 16.4 Å². The van der Waals surface area contributed by atoms with E-state index in [4.69, 9.17) is 0 Å². The van der Waals surface area contributed by atoms with Gasteiger partial charge in [0.05, 0.1) is 5.69 Å². The molecule has 5 nitrogen and oxygen atoms in total. The van der Waals surface area contributed by atoms with E-state index in [1.807, 2.05) is 31.1 Å². The fourth-order valence-corrected chi connectivity index (χ4v) is 3.37. The first kappa shape index (κ1) is 15.1. The van der Waals surface area contributed by atoms with Crippen LogP contribution in [0.25, 0.3) is 5.69 Å². The highest BCUT2D eigenvalue weighted by Crippen LogP contribution is 2.21. The zero-order valence-electron chi connectivity index (χ0n) is 12.3. The van der Waals surface area contributed by atoms with Crippen molar-refractivity contribution in [3.8, 4) is 5.69 Å². The van der Waals surface area contributed by atoms with Crippen LogP contribution in [0, 0.1) is 0 Å². The molecule has 1 N–H and O–H groups in total. The van der Waals surface area contributed by atoms with Crippen molar-refractivity contribution in [1.29, 1.82) is 0 Å². The van der Waals surface area contributed by atoms with E-state index < -0.39 is 0 Å². The number of halogens is 1. The van der Waals surface area contributed by atoms with Crippen molar-refractivity contribution >= 4 is 38.9 Å². The summed E-state index contributed by atoms with van der Waals surface area (Å²) in [6, 6.07) is 10.3. The van der Waals surface area contributed by atoms with Crippen molar-refractivity contribution in [3.05, 3.63) is 51.4 Å².